The van der Waals surface area contributed by atoms with Crippen molar-refractivity contribution in [2.75, 3.05) is 13.7 Å². The number of methoxy groups -OCH3 is 1. The van der Waals surface area contributed by atoms with Crippen LogP contribution in [-0.2, 0) is 9.53 Å². The Kier molecular flexibility index (Phi) is 6.78. The Morgan fingerprint density at radius 3 is 2.70 bits per heavy atom. The van der Waals surface area contributed by atoms with Crippen LogP contribution in [0.2, 0.25) is 10.0 Å². The molecule has 0 fully saturated rings. The predicted molar refractivity (Wildman–Crippen MR) is 76.5 cm³/mol. The highest BCUT2D eigenvalue weighted by molar-refractivity contribution is 6.35. The van der Waals surface area contributed by atoms with Crippen molar-refractivity contribution in [3.63, 3.8) is 0 Å². The van der Waals surface area contributed by atoms with E-state index in [-0.39, 0.29) is 17.0 Å². The lowest BCUT2D eigenvalue weighted by Crippen LogP contribution is -2.41. The molecule has 110 valence electrons. The van der Waals surface area contributed by atoms with Gasteiger partial charge in [0.05, 0.1) is 10.6 Å². The van der Waals surface area contributed by atoms with E-state index in [2.05, 4.69) is 5.32 Å². The minimum absolute atomic E-state index is 0.150. The molecular weight excluding hydrogens is 305 g/mol. The van der Waals surface area contributed by atoms with Gasteiger partial charge in [0.15, 0.2) is 0 Å². The predicted octanol–water partition coefficient (Wildman–Crippen LogP) is 2.60. The van der Waals surface area contributed by atoms with Gasteiger partial charge in [-0.15, -0.1) is 0 Å². The molecule has 1 aromatic carbocycles. The Morgan fingerprint density at radius 1 is 1.40 bits per heavy atom. The number of hydrogen-bond donors (Lipinski definition) is 2. The highest BCUT2D eigenvalue weighted by Crippen LogP contribution is 2.20. The second kappa shape index (κ2) is 8.09. The molecule has 0 radical (unpaired) electrons. The van der Waals surface area contributed by atoms with Crippen molar-refractivity contribution in [2.45, 2.75) is 18.9 Å². The number of nitrogens with one attached hydrogen (secondary N) is 1. The summed E-state index contributed by atoms with van der Waals surface area (Å²) in [5.74, 6) is -1.67. The van der Waals surface area contributed by atoms with E-state index in [1.54, 1.807) is 6.07 Å². The summed E-state index contributed by atoms with van der Waals surface area (Å²) in [7, 11) is 1.53. The number of carbonyl (C=O) groups excluding carboxylic acids is 1. The molecule has 1 unspecified atom stereocenters. The molecule has 0 saturated carbocycles. The zero-order valence-electron chi connectivity index (χ0n) is 10.9. The maximum absolute atomic E-state index is 12.0. The first kappa shape index (κ1) is 16.8. The van der Waals surface area contributed by atoms with E-state index >= 15 is 0 Å². The molecule has 2 N–H and O–H groups in total. The van der Waals surface area contributed by atoms with E-state index < -0.39 is 17.9 Å². The van der Waals surface area contributed by atoms with Gasteiger partial charge >= 0.3 is 5.97 Å². The topological polar surface area (TPSA) is 75.6 Å². The summed E-state index contributed by atoms with van der Waals surface area (Å²) < 4.78 is 4.85. The minimum Gasteiger partial charge on any atom is -0.480 e. The maximum Gasteiger partial charge on any atom is 0.326 e. The largest absolute Gasteiger partial charge is 0.480 e. The minimum atomic E-state index is -1.10. The smallest absolute Gasteiger partial charge is 0.326 e. The van der Waals surface area contributed by atoms with Crippen LogP contribution in [-0.4, -0.2) is 36.7 Å². The van der Waals surface area contributed by atoms with Crippen LogP contribution < -0.4 is 5.32 Å². The number of halogens is 2. The number of carboxylic acid groups (broad SMARTS) is 1. The van der Waals surface area contributed by atoms with Gasteiger partial charge in [0.2, 0.25) is 0 Å². The quantitative estimate of drug-likeness (QED) is 0.757. The molecule has 0 aromatic heterocycles. The van der Waals surface area contributed by atoms with Gasteiger partial charge in [0.1, 0.15) is 6.04 Å². The Balaban J connectivity index is 2.75. The molecule has 0 aliphatic heterocycles. The number of benzene rings is 1. The van der Waals surface area contributed by atoms with Crippen LogP contribution in [0.3, 0.4) is 0 Å². The lowest BCUT2D eigenvalue weighted by atomic mass is 10.1. The van der Waals surface area contributed by atoms with E-state index in [9.17, 15) is 9.59 Å². The molecule has 0 saturated heterocycles. The molecule has 0 heterocycles. The fourth-order valence-electron chi connectivity index (χ4n) is 1.60. The third kappa shape index (κ3) is 5.00. The van der Waals surface area contributed by atoms with E-state index in [0.29, 0.717) is 18.1 Å². The second-order valence-electron chi connectivity index (χ2n) is 4.12. The number of hydrogen-bond acceptors (Lipinski definition) is 3. The summed E-state index contributed by atoms with van der Waals surface area (Å²) in [5.41, 5.74) is 0.150. The van der Waals surface area contributed by atoms with Gasteiger partial charge in [-0.25, -0.2) is 4.79 Å². The van der Waals surface area contributed by atoms with Crippen LogP contribution >= 0.6 is 23.2 Å². The fourth-order valence-corrected chi connectivity index (χ4v) is 1.97. The van der Waals surface area contributed by atoms with E-state index in [0.717, 1.165) is 0 Å². The summed E-state index contributed by atoms with van der Waals surface area (Å²) in [5, 5.41) is 12.1. The van der Waals surface area contributed by atoms with Gasteiger partial charge in [-0.1, -0.05) is 23.2 Å². The number of rotatable bonds is 7. The molecular formula is C13H15Cl2NO4. The van der Waals surface area contributed by atoms with Crippen LogP contribution in [0.15, 0.2) is 18.2 Å². The molecule has 1 atom stereocenters. The third-order valence-electron chi connectivity index (χ3n) is 2.62. The van der Waals surface area contributed by atoms with Gasteiger partial charge in [0, 0.05) is 18.7 Å². The van der Waals surface area contributed by atoms with Crippen molar-refractivity contribution in [3.8, 4) is 0 Å². The lowest BCUT2D eigenvalue weighted by molar-refractivity contribution is -0.139. The molecule has 5 nitrogen and oxygen atoms in total. The van der Waals surface area contributed by atoms with Gasteiger partial charge in [-0.05, 0) is 31.0 Å². The maximum atomic E-state index is 12.0. The van der Waals surface area contributed by atoms with Gasteiger partial charge in [0.25, 0.3) is 5.91 Å². The Bertz CT molecular complexity index is 493. The molecule has 1 amide bonds. The van der Waals surface area contributed by atoms with Crippen LogP contribution in [0.4, 0.5) is 0 Å². The molecule has 1 aromatic rings. The van der Waals surface area contributed by atoms with E-state index in [1.807, 2.05) is 0 Å². The zero-order chi connectivity index (χ0) is 15.1. The third-order valence-corrected chi connectivity index (χ3v) is 3.18. The first-order chi connectivity index (χ1) is 9.45. The Hall–Kier alpha value is -1.30. The summed E-state index contributed by atoms with van der Waals surface area (Å²) in [6.45, 7) is 0.428. The summed E-state index contributed by atoms with van der Waals surface area (Å²) in [6.07, 6.45) is 0.796. The lowest BCUT2D eigenvalue weighted by Gasteiger charge is -2.15. The van der Waals surface area contributed by atoms with Crippen LogP contribution in [0.25, 0.3) is 0 Å². The van der Waals surface area contributed by atoms with Crippen LogP contribution in [0.1, 0.15) is 23.2 Å². The normalized spacial score (nSPS) is 11.9. The van der Waals surface area contributed by atoms with Crippen molar-refractivity contribution >= 4 is 35.1 Å². The SMILES string of the molecule is COCCCC(NC(=O)c1cc(Cl)ccc1Cl)C(=O)O. The molecule has 20 heavy (non-hydrogen) atoms. The molecule has 7 heteroatoms. The summed E-state index contributed by atoms with van der Waals surface area (Å²) in [4.78, 5) is 23.1. The molecule has 0 spiro atoms. The highest BCUT2D eigenvalue weighted by Gasteiger charge is 2.21. The Labute approximate surface area is 126 Å². The van der Waals surface area contributed by atoms with Crippen molar-refractivity contribution in [1.82, 2.24) is 5.32 Å². The zero-order valence-corrected chi connectivity index (χ0v) is 12.4. The standard InChI is InChI=1S/C13H15Cl2NO4/c1-20-6-2-3-11(13(18)19)16-12(17)9-7-8(14)4-5-10(9)15/h4-5,7,11H,2-3,6H2,1H3,(H,16,17)(H,18,19). The number of carboxylic acids is 1. The first-order valence-corrected chi connectivity index (χ1v) is 6.69. The monoisotopic (exact) mass is 319 g/mol. The number of aliphatic carboxylic acids is 1. The van der Waals surface area contributed by atoms with Crippen LogP contribution in [0.5, 0.6) is 0 Å². The first-order valence-electron chi connectivity index (χ1n) is 5.93. The molecule has 0 bridgehead atoms. The molecule has 1 rings (SSSR count). The number of amides is 1. The average Bonchev–Trinajstić information content (AvgIpc) is 2.40. The van der Waals surface area contributed by atoms with Crippen molar-refractivity contribution < 1.29 is 19.4 Å². The van der Waals surface area contributed by atoms with Crippen LogP contribution in [0, 0.1) is 0 Å². The average molecular weight is 320 g/mol. The van der Waals surface area contributed by atoms with E-state index in [4.69, 9.17) is 33.0 Å². The number of carbonyl (C=O) groups is 2. The van der Waals surface area contributed by atoms with Gasteiger partial charge < -0.3 is 15.2 Å². The fraction of sp³-hybridized carbons (Fsp3) is 0.385. The highest BCUT2D eigenvalue weighted by atomic mass is 35.5. The van der Waals surface area contributed by atoms with Gasteiger partial charge in [-0.2, -0.15) is 0 Å². The second-order valence-corrected chi connectivity index (χ2v) is 4.97. The molecule has 0 aliphatic carbocycles. The Morgan fingerprint density at radius 2 is 2.10 bits per heavy atom. The van der Waals surface area contributed by atoms with Crippen molar-refractivity contribution in [1.29, 1.82) is 0 Å². The molecule has 0 aliphatic rings. The summed E-state index contributed by atoms with van der Waals surface area (Å²) in [6, 6.07) is 3.44. The van der Waals surface area contributed by atoms with Crippen molar-refractivity contribution in [3.05, 3.63) is 33.8 Å². The van der Waals surface area contributed by atoms with Crippen molar-refractivity contribution in [2.24, 2.45) is 0 Å². The van der Waals surface area contributed by atoms with Gasteiger partial charge in [-0.3, -0.25) is 4.79 Å². The summed E-state index contributed by atoms with van der Waals surface area (Å²) >= 11 is 11.7. The van der Waals surface area contributed by atoms with E-state index in [1.165, 1.54) is 19.2 Å². The number of ether oxygens (including phenoxy) is 1.